The SMILES string of the molecule is O=[N+]([O-])c1ccc(Cl)cc1NCCN1CCOCC1. The Hall–Kier alpha value is -1.37. The highest BCUT2D eigenvalue weighted by Gasteiger charge is 2.14. The van der Waals surface area contributed by atoms with E-state index >= 15 is 0 Å². The zero-order valence-electron chi connectivity index (χ0n) is 10.5. The van der Waals surface area contributed by atoms with Crippen LogP contribution in [0.4, 0.5) is 11.4 Å². The molecule has 0 amide bonds. The molecule has 0 radical (unpaired) electrons. The van der Waals surface area contributed by atoms with Crippen molar-refractivity contribution in [3.8, 4) is 0 Å². The van der Waals surface area contributed by atoms with Gasteiger partial charge in [0.05, 0.1) is 18.1 Å². The summed E-state index contributed by atoms with van der Waals surface area (Å²) in [6, 6.07) is 4.52. The number of benzene rings is 1. The van der Waals surface area contributed by atoms with E-state index in [1.807, 2.05) is 0 Å². The molecular formula is C12H16ClN3O3. The van der Waals surface area contributed by atoms with E-state index in [-0.39, 0.29) is 5.69 Å². The van der Waals surface area contributed by atoms with Crippen LogP contribution >= 0.6 is 11.6 Å². The van der Waals surface area contributed by atoms with Gasteiger partial charge in [-0.3, -0.25) is 15.0 Å². The molecule has 104 valence electrons. The monoisotopic (exact) mass is 285 g/mol. The topological polar surface area (TPSA) is 67.6 Å². The van der Waals surface area contributed by atoms with Gasteiger partial charge in [0, 0.05) is 37.3 Å². The lowest BCUT2D eigenvalue weighted by Crippen LogP contribution is -2.39. The van der Waals surface area contributed by atoms with Crippen molar-refractivity contribution >= 4 is 23.0 Å². The summed E-state index contributed by atoms with van der Waals surface area (Å²) < 4.78 is 5.26. The summed E-state index contributed by atoms with van der Waals surface area (Å²) >= 11 is 5.86. The van der Waals surface area contributed by atoms with E-state index in [0.717, 1.165) is 32.8 Å². The van der Waals surface area contributed by atoms with Crippen molar-refractivity contribution in [1.29, 1.82) is 0 Å². The molecule has 1 heterocycles. The fraction of sp³-hybridized carbons (Fsp3) is 0.500. The number of morpholine rings is 1. The minimum atomic E-state index is -0.409. The van der Waals surface area contributed by atoms with Crippen molar-refractivity contribution in [3.63, 3.8) is 0 Å². The maximum absolute atomic E-state index is 10.9. The van der Waals surface area contributed by atoms with Gasteiger partial charge in [0.15, 0.2) is 0 Å². The molecular weight excluding hydrogens is 270 g/mol. The largest absolute Gasteiger partial charge is 0.379 e. The van der Waals surface area contributed by atoms with Crippen molar-refractivity contribution in [2.75, 3.05) is 44.7 Å². The van der Waals surface area contributed by atoms with E-state index in [4.69, 9.17) is 16.3 Å². The van der Waals surface area contributed by atoms with E-state index in [9.17, 15) is 10.1 Å². The zero-order chi connectivity index (χ0) is 13.7. The first-order chi connectivity index (χ1) is 9.16. The summed E-state index contributed by atoms with van der Waals surface area (Å²) in [4.78, 5) is 12.7. The number of nitro groups is 1. The number of nitrogens with zero attached hydrogens (tertiary/aromatic N) is 2. The van der Waals surface area contributed by atoms with E-state index in [1.54, 1.807) is 6.07 Å². The predicted octanol–water partition coefficient (Wildman–Crippen LogP) is 1.99. The zero-order valence-corrected chi connectivity index (χ0v) is 11.2. The van der Waals surface area contributed by atoms with Gasteiger partial charge in [-0.2, -0.15) is 0 Å². The van der Waals surface area contributed by atoms with Crippen LogP contribution in [0, 0.1) is 10.1 Å². The minimum Gasteiger partial charge on any atom is -0.379 e. The third-order valence-corrected chi connectivity index (χ3v) is 3.24. The highest BCUT2D eigenvalue weighted by atomic mass is 35.5. The molecule has 6 nitrogen and oxygen atoms in total. The highest BCUT2D eigenvalue weighted by molar-refractivity contribution is 6.31. The van der Waals surface area contributed by atoms with Crippen LogP contribution < -0.4 is 5.32 Å². The summed E-state index contributed by atoms with van der Waals surface area (Å²) in [5, 5.41) is 14.5. The van der Waals surface area contributed by atoms with Crippen molar-refractivity contribution < 1.29 is 9.66 Å². The molecule has 1 N–H and O–H groups in total. The average Bonchev–Trinajstić information content (AvgIpc) is 2.39. The van der Waals surface area contributed by atoms with Gasteiger partial charge in [-0.05, 0) is 12.1 Å². The molecule has 1 saturated heterocycles. The van der Waals surface area contributed by atoms with Crippen molar-refractivity contribution in [3.05, 3.63) is 33.3 Å². The normalized spacial score (nSPS) is 16.3. The maximum atomic E-state index is 10.9. The Bertz CT molecular complexity index is 450. The highest BCUT2D eigenvalue weighted by Crippen LogP contribution is 2.27. The summed E-state index contributed by atoms with van der Waals surface area (Å²) in [5.41, 5.74) is 0.511. The molecule has 19 heavy (non-hydrogen) atoms. The predicted molar refractivity (Wildman–Crippen MR) is 73.9 cm³/mol. The van der Waals surface area contributed by atoms with Gasteiger partial charge in [-0.25, -0.2) is 0 Å². The Kier molecular flexibility index (Phi) is 4.95. The number of ether oxygens (including phenoxy) is 1. The van der Waals surface area contributed by atoms with Gasteiger partial charge < -0.3 is 10.1 Å². The van der Waals surface area contributed by atoms with Crippen LogP contribution in [0.1, 0.15) is 0 Å². The van der Waals surface area contributed by atoms with E-state index in [1.165, 1.54) is 12.1 Å². The van der Waals surface area contributed by atoms with Crippen molar-refractivity contribution in [2.24, 2.45) is 0 Å². The lowest BCUT2D eigenvalue weighted by molar-refractivity contribution is -0.384. The van der Waals surface area contributed by atoms with Gasteiger partial charge in [0.2, 0.25) is 0 Å². The molecule has 7 heteroatoms. The Balaban J connectivity index is 1.91. The molecule has 1 aliphatic heterocycles. The molecule has 0 spiro atoms. The van der Waals surface area contributed by atoms with E-state index in [0.29, 0.717) is 17.3 Å². The van der Waals surface area contributed by atoms with Crippen molar-refractivity contribution in [1.82, 2.24) is 4.90 Å². The van der Waals surface area contributed by atoms with Crippen LogP contribution in [0.2, 0.25) is 5.02 Å². The van der Waals surface area contributed by atoms with Crippen molar-refractivity contribution in [2.45, 2.75) is 0 Å². The molecule has 1 aromatic carbocycles. The second-order valence-electron chi connectivity index (χ2n) is 4.30. The molecule has 0 saturated carbocycles. The standard InChI is InChI=1S/C12H16ClN3O3/c13-10-1-2-12(16(17)18)11(9-10)14-3-4-15-5-7-19-8-6-15/h1-2,9,14H,3-8H2. The second kappa shape index (κ2) is 6.70. The first-order valence-corrected chi connectivity index (χ1v) is 6.52. The average molecular weight is 286 g/mol. The van der Waals surface area contributed by atoms with Crippen LogP contribution in [-0.4, -0.2) is 49.2 Å². The quantitative estimate of drug-likeness (QED) is 0.662. The van der Waals surface area contributed by atoms with Crippen LogP contribution in [0.25, 0.3) is 0 Å². The Morgan fingerprint density at radius 2 is 2.16 bits per heavy atom. The summed E-state index contributed by atoms with van der Waals surface area (Å²) in [5.74, 6) is 0. The van der Waals surface area contributed by atoms with Gasteiger partial charge in [0.25, 0.3) is 5.69 Å². The molecule has 0 unspecified atom stereocenters. The number of nitrogens with one attached hydrogen (secondary N) is 1. The van der Waals surface area contributed by atoms with Crippen LogP contribution in [0.15, 0.2) is 18.2 Å². The number of hydrogen-bond donors (Lipinski definition) is 1. The second-order valence-corrected chi connectivity index (χ2v) is 4.74. The third kappa shape index (κ3) is 4.05. The van der Waals surface area contributed by atoms with Crippen LogP contribution in [-0.2, 0) is 4.74 Å². The fourth-order valence-corrected chi connectivity index (χ4v) is 2.15. The molecule has 1 aromatic rings. The van der Waals surface area contributed by atoms with E-state index < -0.39 is 4.92 Å². The molecule has 1 fully saturated rings. The first kappa shape index (κ1) is 14.0. The lowest BCUT2D eigenvalue weighted by atomic mass is 10.2. The Labute approximate surface area is 116 Å². The minimum absolute atomic E-state index is 0.0476. The van der Waals surface area contributed by atoms with Gasteiger partial charge >= 0.3 is 0 Å². The summed E-state index contributed by atoms with van der Waals surface area (Å²) in [6.07, 6.45) is 0. The fourth-order valence-electron chi connectivity index (χ4n) is 1.98. The van der Waals surface area contributed by atoms with Gasteiger partial charge in [-0.1, -0.05) is 11.6 Å². The van der Waals surface area contributed by atoms with E-state index in [2.05, 4.69) is 10.2 Å². The Morgan fingerprint density at radius 1 is 1.42 bits per heavy atom. The maximum Gasteiger partial charge on any atom is 0.292 e. The van der Waals surface area contributed by atoms with Gasteiger partial charge in [-0.15, -0.1) is 0 Å². The molecule has 0 aliphatic carbocycles. The summed E-state index contributed by atoms with van der Waals surface area (Å²) in [7, 11) is 0. The number of anilines is 1. The molecule has 1 aliphatic rings. The first-order valence-electron chi connectivity index (χ1n) is 6.15. The summed E-state index contributed by atoms with van der Waals surface area (Å²) in [6.45, 7) is 4.77. The molecule has 0 atom stereocenters. The Morgan fingerprint density at radius 3 is 2.84 bits per heavy atom. The van der Waals surface area contributed by atoms with Crippen LogP contribution in [0.3, 0.4) is 0 Å². The molecule has 0 bridgehead atoms. The third-order valence-electron chi connectivity index (χ3n) is 3.00. The smallest absolute Gasteiger partial charge is 0.292 e. The number of halogens is 1. The lowest BCUT2D eigenvalue weighted by Gasteiger charge is -2.26. The molecule has 0 aromatic heterocycles. The van der Waals surface area contributed by atoms with Crippen LogP contribution in [0.5, 0.6) is 0 Å². The molecule has 2 rings (SSSR count). The number of hydrogen-bond acceptors (Lipinski definition) is 5. The van der Waals surface area contributed by atoms with Gasteiger partial charge in [0.1, 0.15) is 5.69 Å². The number of nitro benzene ring substituents is 1. The number of rotatable bonds is 5.